The number of hydrogen-bond donors (Lipinski definition) is 4. The second-order valence-electron chi connectivity index (χ2n) is 14.8. The molecule has 6 atom stereocenters. The first-order valence-corrected chi connectivity index (χ1v) is 22.0. The molecule has 1 saturated heterocycles. The van der Waals surface area contributed by atoms with E-state index in [0.717, 1.165) is 77.0 Å². The van der Waals surface area contributed by atoms with Gasteiger partial charge in [-0.05, 0) is 83.5 Å². The summed E-state index contributed by atoms with van der Waals surface area (Å²) >= 11 is 0. The van der Waals surface area contributed by atoms with E-state index in [1.165, 1.54) is 38.5 Å². The summed E-state index contributed by atoms with van der Waals surface area (Å²) in [4.78, 5) is 25.3. The molecule has 1 aliphatic heterocycles. The Hall–Kier alpha value is -2.86. The molecule has 10 nitrogen and oxygen atoms in total. The van der Waals surface area contributed by atoms with Crippen LogP contribution in [0.5, 0.6) is 0 Å². The van der Waals surface area contributed by atoms with Gasteiger partial charge in [0.15, 0.2) is 12.4 Å². The molecule has 0 bridgehead atoms. The largest absolute Gasteiger partial charge is 0.462 e. The zero-order valence-electron chi connectivity index (χ0n) is 35.3. The van der Waals surface area contributed by atoms with Crippen LogP contribution in [-0.4, -0.2) is 89.0 Å². The van der Waals surface area contributed by atoms with E-state index >= 15 is 0 Å². The molecule has 10 heteroatoms. The first kappa shape index (κ1) is 52.2. The van der Waals surface area contributed by atoms with Gasteiger partial charge in [-0.1, -0.05) is 132 Å². The molecule has 0 amide bonds. The summed E-state index contributed by atoms with van der Waals surface area (Å²) in [5.41, 5.74) is 0. The van der Waals surface area contributed by atoms with Crippen LogP contribution < -0.4 is 0 Å². The molecule has 2 unspecified atom stereocenters. The molecular formula is C47H78O10. The second-order valence-corrected chi connectivity index (χ2v) is 14.8. The third-order valence-corrected chi connectivity index (χ3v) is 9.58. The fourth-order valence-corrected chi connectivity index (χ4v) is 6.09. The fraction of sp³-hybridized carbons (Fsp3) is 0.702. The average molecular weight is 803 g/mol. The van der Waals surface area contributed by atoms with Crippen LogP contribution in [0.25, 0.3) is 0 Å². The molecule has 1 heterocycles. The molecule has 1 rings (SSSR count). The Bertz CT molecular complexity index is 1160. The van der Waals surface area contributed by atoms with E-state index < -0.39 is 55.4 Å². The van der Waals surface area contributed by atoms with E-state index in [2.05, 4.69) is 86.8 Å². The van der Waals surface area contributed by atoms with Gasteiger partial charge in [-0.25, -0.2) is 0 Å². The first-order valence-electron chi connectivity index (χ1n) is 22.0. The first-order chi connectivity index (χ1) is 27.8. The highest BCUT2D eigenvalue weighted by molar-refractivity contribution is 5.70. The predicted molar refractivity (Wildman–Crippen MR) is 228 cm³/mol. The smallest absolute Gasteiger partial charge is 0.306 e. The molecule has 0 radical (unpaired) electrons. The van der Waals surface area contributed by atoms with Gasteiger partial charge in [0.2, 0.25) is 0 Å². The van der Waals surface area contributed by atoms with Gasteiger partial charge < -0.3 is 39.4 Å². The predicted octanol–water partition coefficient (Wildman–Crippen LogP) is 9.22. The van der Waals surface area contributed by atoms with E-state index in [1.54, 1.807) is 0 Å². The minimum atomic E-state index is -1.61. The van der Waals surface area contributed by atoms with Crippen molar-refractivity contribution in [3.63, 3.8) is 0 Å². The maximum absolute atomic E-state index is 12.7. The Morgan fingerprint density at radius 3 is 1.58 bits per heavy atom. The zero-order chi connectivity index (χ0) is 41.6. The van der Waals surface area contributed by atoms with Gasteiger partial charge in [-0.2, -0.15) is 0 Å². The number of allylic oxidation sites excluding steroid dienone is 12. The minimum absolute atomic E-state index is 0.198. The van der Waals surface area contributed by atoms with E-state index in [4.69, 9.17) is 18.9 Å². The lowest BCUT2D eigenvalue weighted by Gasteiger charge is -2.39. The molecule has 57 heavy (non-hydrogen) atoms. The Morgan fingerprint density at radius 1 is 0.561 bits per heavy atom. The van der Waals surface area contributed by atoms with E-state index in [-0.39, 0.29) is 26.1 Å². The van der Waals surface area contributed by atoms with Crippen LogP contribution in [0.3, 0.4) is 0 Å². The quantitative estimate of drug-likeness (QED) is 0.0277. The number of hydrogen-bond acceptors (Lipinski definition) is 10. The second kappa shape index (κ2) is 37.4. The van der Waals surface area contributed by atoms with Crippen molar-refractivity contribution in [1.29, 1.82) is 0 Å². The molecule has 0 aromatic carbocycles. The van der Waals surface area contributed by atoms with Crippen LogP contribution in [0.2, 0.25) is 0 Å². The summed E-state index contributed by atoms with van der Waals surface area (Å²) < 4.78 is 22.1. The number of esters is 2. The highest BCUT2D eigenvalue weighted by Gasteiger charge is 2.44. The highest BCUT2D eigenvalue weighted by atomic mass is 16.7. The number of aliphatic hydroxyl groups excluding tert-OH is 4. The number of ether oxygens (including phenoxy) is 4. The van der Waals surface area contributed by atoms with E-state index in [0.29, 0.717) is 12.8 Å². The minimum Gasteiger partial charge on any atom is -0.462 e. The molecular weight excluding hydrogens is 725 g/mol. The van der Waals surface area contributed by atoms with Gasteiger partial charge in [0.05, 0.1) is 13.2 Å². The van der Waals surface area contributed by atoms with Crippen molar-refractivity contribution in [2.45, 2.75) is 192 Å². The van der Waals surface area contributed by atoms with Gasteiger partial charge in [-0.3, -0.25) is 9.59 Å². The van der Waals surface area contributed by atoms with Gasteiger partial charge in [0, 0.05) is 12.8 Å². The molecule has 0 aliphatic carbocycles. The van der Waals surface area contributed by atoms with Crippen molar-refractivity contribution in [2.24, 2.45) is 0 Å². The Labute approximate surface area is 344 Å². The molecule has 0 spiro atoms. The monoisotopic (exact) mass is 803 g/mol. The van der Waals surface area contributed by atoms with Crippen molar-refractivity contribution < 1.29 is 49.0 Å². The summed E-state index contributed by atoms with van der Waals surface area (Å²) in [6.45, 7) is 3.23. The molecule has 0 aromatic heterocycles. The van der Waals surface area contributed by atoms with Crippen LogP contribution >= 0.6 is 0 Å². The summed E-state index contributed by atoms with van der Waals surface area (Å²) in [5, 5.41) is 40.0. The Kier molecular flexibility index (Phi) is 34.2. The summed E-state index contributed by atoms with van der Waals surface area (Å²) in [7, 11) is 0. The van der Waals surface area contributed by atoms with Crippen molar-refractivity contribution in [2.75, 3.05) is 19.8 Å². The van der Waals surface area contributed by atoms with Crippen molar-refractivity contribution in [1.82, 2.24) is 0 Å². The topological polar surface area (TPSA) is 152 Å². The lowest BCUT2D eigenvalue weighted by molar-refractivity contribution is -0.305. The van der Waals surface area contributed by atoms with E-state index in [1.807, 2.05) is 0 Å². The lowest BCUT2D eigenvalue weighted by atomic mass is 9.99. The Morgan fingerprint density at radius 2 is 1.04 bits per heavy atom. The number of rotatable bonds is 35. The number of carbonyl (C=O) groups excluding carboxylic acids is 2. The van der Waals surface area contributed by atoms with Gasteiger partial charge in [-0.15, -0.1) is 0 Å². The van der Waals surface area contributed by atoms with Gasteiger partial charge in [0.25, 0.3) is 0 Å². The standard InChI is InChI=1S/C47H78O10/c1-3-5-7-9-11-13-15-17-18-19-20-21-22-24-25-27-29-31-33-35-42(49)54-38-40(39-55-47-46(53)45(52)44(51)41(37-48)57-47)56-43(50)36-34-32-30-28-26-23-16-14-12-10-8-6-4-2/h5,7,11,13,17-18,20-21,23-26,40-41,44-48,51-53H,3-4,6,8-10,12,14-16,19,22,27-39H2,1-2H3/b7-5+,13-11+,18-17+,21-20+,25-24+,26-23+/t40-,41-,44+,45?,46?,47-/m0/s1. The molecule has 0 aromatic rings. The van der Waals surface area contributed by atoms with Crippen molar-refractivity contribution in [3.8, 4) is 0 Å². The van der Waals surface area contributed by atoms with Crippen LogP contribution in [0.15, 0.2) is 72.9 Å². The van der Waals surface area contributed by atoms with E-state index in [9.17, 15) is 30.0 Å². The van der Waals surface area contributed by atoms with Crippen LogP contribution in [0.1, 0.15) is 155 Å². The lowest BCUT2D eigenvalue weighted by Crippen LogP contribution is -2.59. The molecule has 1 aliphatic rings. The SMILES string of the molecule is CC/C=C/C/C=C/C/C=C/C/C=C/C/C=C/CCCCCC(=O)OC[C@@H](CO[C@H]1O[C@@H](CO)[C@@H](O)C(O)C1O)OC(=O)CCCCC/C=C/CCCCCCCC. The van der Waals surface area contributed by atoms with Gasteiger partial charge in [0.1, 0.15) is 31.0 Å². The maximum atomic E-state index is 12.7. The maximum Gasteiger partial charge on any atom is 0.306 e. The molecule has 1 fully saturated rings. The normalized spacial score (nSPS) is 21.0. The van der Waals surface area contributed by atoms with Crippen molar-refractivity contribution in [3.05, 3.63) is 72.9 Å². The third-order valence-electron chi connectivity index (χ3n) is 9.58. The summed E-state index contributed by atoms with van der Waals surface area (Å²) in [5.74, 6) is -0.870. The molecule has 0 saturated carbocycles. The summed E-state index contributed by atoms with van der Waals surface area (Å²) in [6.07, 6.45) is 39.1. The average Bonchev–Trinajstić information content (AvgIpc) is 3.21. The Balaban J connectivity index is 2.38. The fourth-order valence-electron chi connectivity index (χ4n) is 6.09. The third kappa shape index (κ3) is 29.1. The zero-order valence-corrected chi connectivity index (χ0v) is 35.3. The van der Waals surface area contributed by atoms with Crippen LogP contribution in [0, 0.1) is 0 Å². The van der Waals surface area contributed by atoms with Gasteiger partial charge >= 0.3 is 11.9 Å². The summed E-state index contributed by atoms with van der Waals surface area (Å²) in [6, 6.07) is 0. The number of aliphatic hydroxyl groups is 4. The van der Waals surface area contributed by atoms with Crippen molar-refractivity contribution >= 4 is 11.9 Å². The molecule has 4 N–H and O–H groups in total. The van der Waals surface area contributed by atoms with Crippen LogP contribution in [0.4, 0.5) is 0 Å². The number of carbonyl (C=O) groups is 2. The molecule has 326 valence electrons. The highest BCUT2D eigenvalue weighted by Crippen LogP contribution is 2.22. The number of unbranched alkanes of at least 4 members (excludes halogenated alkanes) is 12. The van der Waals surface area contributed by atoms with Crippen LogP contribution in [-0.2, 0) is 28.5 Å².